The molecule has 2 amide bonds. The molecule has 5 heteroatoms. The molecule has 1 aromatic carbocycles. The number of nitrogens with one attached hydrogen (secondary N) is 1. The molecule has 0 unspecified atom stereocenters. The minimum absolute atomic E-state index is 0.0439. The lowest BCUT2D eigenvalue weighted by atomic mass is 9.68. The van der Waals surface area contributed by atoms with E-state index in [2.05, 4.69) is 36.5 Å². The summed E-state index contributed by atoms with van der Waals surface area (Å²) in [5.41, 5.74) is 2.51. The number of carbonyl (C=O) groups is 2. The fraction of sp³-hybridized carbons (Fsp3) is 0.600. The van der Waals surface area contributed by atoms with Gasteiger partial charge in [-0.05, 0) is 49.1 Å². The van der Waals surface area contributed by atoms with Gasteiger partial charge >= 0.3 is 6.09 Å². The quantitative estimate of drug-likeness (QED) is 0.919. The number of nitrogens with zero attached hydrogens (tertiary/aromatic N) is 1. The Labute approximate surface area is 148 Å². The van der Waals surface area contributed by atoms with E-state index in [1.54, 1.807) is 0 Å². The molecule has 0 bridgehead atoms. The van der Waals surface area contributed by atoms with Gasteiger partial charge in [-0.1, -0.05) is 31.2 Å². The van der Waals surface area contributed by atoms with E-state index in [4.69, 9.17) is 4.74 Å². The molecule has 2 saturated heterocycles. The molecular weight excluding hydrogens is 316 g/mol. The van der Waals surface area contributed by atoms with Crippen LogP contribution in [-0.4, -0.2) is 42.1 Å². The highest BCUT2D eigenvalue weighted by atomic mass is 16.6. The summed E-state index contributed by atoms with van der Waals surface area (Å²) in [6, 6.07) is 8.94. The SMILES string of the molecule is CCc1ccc(C2CCN(C(=O)C3CC4(COC(=O)N4)C3)CC2)cc1. The number of cyclic esters (lactones) is 1. The molecule has 5 nitrogen and oxygen atoms in total. The first kappa shape index (κ1) is 16.4. The first-order valence-electron chi connectivity index (χ1n) is 9.41. The zero-order valence-corrected chi connectivity index (χ0v) is 14.8. The van der Waals surface area contributed by atoms with Crippen LogP contribution in [0.25, 0.3) is 0 Å². The normalized spacial score (nSPS) is 29.2. The number of hydrogen-bond donors (Lipinski definition) is 1. The van der Waals surface area contributed by atoms with E-state index in [9.17, 15) is 9.59 Å². The highest BCUT2D eigenvalue weighted by Gasteiger charge is 2.53. The topological polar surface area (TPSA) is 58.6 Å². The van der Waals surface area contributed by atoms with Crippen LogP contribution in [0.2, 0.25) is 0 Å². The van der Waals surface area contributed by atoms with Crippen molar-refractivity contribution >= 4 is 12.0 Å². The van der Waals surface area contributed by atoms with Crippen LogP contribution in [-0.2, 0) is 16.0 Å². The second kappa shape index (κ2) is 6.36. The predicted molar refractivity (Wildman–Crippen MR) is 94.3 cm³/mol. The minimum Gasteiger partial charge on any atom is -0.447 e. The van der Waals surface area contributed by atoms with Crippen molar-refractivity contribution in [2.75, 3.05) is 19.7 Å². The van der Waals surface area contributed by atoms with Gasteiger partial charge in [0.15, 0.2) is 0 Å². The van der Waals surface area contributed by atoms with Crippen molar-refractivity contribution in [2.45, 2.75) is 50.5 Å². The molecule has 3 aliphatic rings. The number of piperidine rings is 1. The number of likely N-dealkylation sites (tertiary alicyclic amines) is 1. The lowest BCUT2D eigenvalue weighted by Gasteiger charge is -2.45. The Hall–Kier alpha value is -2.04. The van der Waals surface area contributed by atoms with Crippen molar-refractivity contribution in [1.29, 1.82) is 0 Å². The summed E-state index contributed by atoms with van der Waals surface area (Å²) in [6.07, 6.45) is 4.23. The first-order chi connectivity index (χ1) is 12.1. The minimum atomic E-state index is -0.346. The molecule has 0 aromatic heterocycles. The standard InChI is InChI=1S/C20H26N2O3/c1-2-14-3-5-15(6-4-14)16-7-9-22(10-8-16)18(23)17-11-20(12-17)13-25-19(24)21-20/h3-6,16-17H,2,7-13H2,1H3,(H,21,24). The van der Waals surface area contributed by atoms with Crippen molar-refractivity contribution in [1.82, 2.24) is 10.2 Å². The van der Waals surface area contributed by atoms with E-state index in [0.29, 0.717) is 12.5 Å². The molecule has 0 atom stereocenters. The maximum atomic E-state index is 12.7. The van der Waals surface area contributed by atoms with Gasteiger partial charge in [0, 0.05) is 19.0 Å². The van der Waals surface area contributed by atoms with Gasteiger partial charge in [-0.15, -0.1) is 0 Å². The van der Waals surface area contributed by atoms with Gasteiger partial charge in [-0.25, -0.2) is 4.79 Å². The van der Waals surface area contributed by atoms with Gasteiger partial charge in [0.25, 0.3) is 0 Å². The van der Waals surface area contributed by atoms with Crippen LogP contribution >= 0.6 is 0 Å². The van der Waals surface area contributed by atoms with Gasteiger partial charge in [0.1, 0.15) is 6.61 Å². The molecule has 1 aromatic rings. The summed E-state index contributed by atoms with van der Waals surface area (Å²) >= 11 is 0. The Kier molecular flexibility index (Phi) is 4.18. The molecule has 1 spiro atoms. The van der Waals surface area contributed by atoms with E-state index in [1.807, 2.05) is 4.90 Å². The van der Waals surface area contributed by atoms with E-state index >= 15 is 0 Å². The van der Waals surface area contributed by atoms with Crippen LogP contribution in [0.3, 0.4) is 0 Å². The summed E-state index contributed by atoms with van der Waals surface area (Å²) in [5, 5.41) is 2.86. The molecule has 0 radical (unpaired) electrons. The number of aryl methyl sites for hydroxylation is 1. The molecular formula is C20H26N2O3. The molecule has 1 N–H and O–H groups in total. The largest absolute Gasteiger partial charge is 0.447 e. The summed E-state index contributed by atoms with van der Waals surface area (Å²) in [5.74, 6) is 0.860. The average Bonchev–Trinajstić information content (AvgIpc) is 3.02. The second-order valence-electron chi connectivity index (χ2n) is 7.78. The monoisotopic (exact) mass is 342 g/mol. The van der Waals surface area contributed by atoms with Crippen LogP contribution in [0.1, 0.15) is 49.7 Å². The summed E-state index contributed by atoms with van der Waals surface area (Å²) in [4.78, 5) is 25.9. The van der Waals surface area contributed by atoms with E-state index in [1.165, 1.54) is 11.1 Å². The van der Waals surface area contributed by atoms with Crippen molar-refractivity contribution in [3.8, 4) is 0 Å². The maximum absolute atomic E-state index is 12.7. The second-order valence-corrected chi connectivity index (χ2v) is 7.78. The Balaban J connectivity index is 1.28. The lowest BCUT2D eigenvalue weighted by molar-refractivity contribution is -0.142. The van der Waals surface area contributed by atoms with Crippen molar-refractivity contribution in [3.63, 3.8) is 0 Å². The molecule has 1 saturated carbocycles. The zero-order valence-electron chi connectivity index (χ0n) is 14.8. The highest BCUT2D eigenvalue weighted by molar-refractivity contribution is 5.81. The Morgan fingerprint density at radius 3 is 2.48 bits per heavy atom. The third-order valence-electron chi connectivity index (χ3n) is 6.14. The van der Waals surface area contributed by atoms with Crippen LogP contribution < -0.4 is 5.32 Å². The maximum Gasteiger partial charge on any atom is 0.407 e. The van der Waals surface area contributed by atoms with Crippen LogP contribution in [0, 0.1) is 5.92 Å². The fourth-order valence-corrected chi connectivity index (χ4v) is 4.49. The lowest BCUT2D eigenvalue weighted by Crippen LogP contribution is -2.58. The number of benzene rings is 1. The van der Waals surface area contributed by atoms with Gasteiger partial charge < -0.3 is 15.0 Å². The number of ether oxygens (including phenoxy) is 1. The molecule has 3 fully saturated rings. The third-order valence-corrected chi connectivity index (χ3v) is 6.14. The van der Waals surface area contributed by atoms with E-state index < -0.39 is 0 Å². The molecule has 25 heavy (non-hydrogen) atoms. The molecule has 2 aliphatic heterocycles. The van der Waals surface area contributed by atoms with Crippen LogP contribution in [0.15, 0.2) is 24.3 Å². The number of hydrogen-bond acceptors (Lipinski definition) is 3. The van der Waals surface area contributed by atoms with Crippen LogP contribution in [0.4, 0.5) is 4.79 Å². The summed E-state index contributed by atoms with van der Waals surface area (Å²) in [6.45, 7) is 4.26. The number of alkyl carbamates (subject to hydrolysis) is 1. The summed E-state index contributed by atoms with van der Waals surface area (Å²) < 4.78 is 4.99. The van der Waals surface area contributed by atoms with Gasteiger partial charge in [-0.2, -0.15) is 0 Å². The van der Waals surface area contributed by atoms with Gasteiger partial charge in [0.05, 0.1) is 5.54 Å². The number of rotatable bonds is 3. The van der Waals surface area contributed by atoms with E-state index in [-0.39, 0.29) is 23.5 Å². The Morgan fingerprint density at radius 1 is 1.24 bits per heavy atom. The Morgan fingerprint density at radius 2 is 1.92 bits per heavy atom. The number of amides is 2. The predicted octanol–water partition coefficient (Wildman–Crippen LogP) is 2.84. The third kappa shape index (κ3) is 3.12. The fourth-order valence-electron chi connectivity index (χ4n) is 4.49. The smallest absolute Gasteiger partial charge is 0.407 e. The average molecular weight is 342 g/mol. The Bertz CT molecular complexity index is 656. The number of carbonyl (C=O) groups excluding carboxylic acids is 2. The van der Waals surface area contributed by atoms with Gasteiger partial charge in [0.2, 0.25) is 5.91 Å². The van der Waals surface area contributed by atoms with Crippen molar-refractivity contribution < 1.29 is 14.3 Å². The first-order valence-corrected chi connectivity index (χ1v) is 9.41. The molecule has 4 rings (SSSR count). The van der Waals surface area contributed by atoms with Gasteiger partial charge in [-0.3, -0.25) is 4.79 Å². The highest BCUT2D eigenvalue weighted by Crippen LogP contribution is 2.42. The van der Waals surface area contributed by atoms with Crippen molar-refractivity contribution in [3.05, 3.63) is 35.4 Å². The molecule has 134 valence electrons. The van der Waals surface area contributed by atoms with Crippen LogP contribution in [0.5, 0.6) is 0 Å². The van der Waals surface area contributed by atoms with E-state index in [0.717, 1.165) is 45.2 Å². The molecule has 1 aliphatic carbocycles. The summed E-state index contributed by atoms with van der Waals surface area (Å²) in [7, 11) is 0. The zero-order chi connectivity index (χ0) is 17.4. The molecule has 2 heterocycles. The van der Waals surface area contributed by atoms with Crippen molar-refractivity contribution in [2.24, 2.45) is 5.92 Å².